The quantitative estimate of drug-likeness (QED) is 0.428. The molecule has 0 atom stereocenters. The van der Waals surface area contributed by atoms with Gasteiger partial charge in [-0.15, -0.1) is 0 Å². The van der Waals surface area contributed by atoms with Crippen LogP contribution in [0.15, 0.2) is 63.0 Å². The first-order valence-corrected chi connectivity index (χ1v) is 7.96. The molecule has 2 heterocycles. The lowest BCUT2D eigenvalue weighted by Crippen LogP contribution is -2.10. The van der Waals surface area contributed by atoms with Crippen LogP contribution in [0.1, 0.15) is 12.7 Å². The number of hydrogen-bond acceptors (Lipinski definition) is 5. The van der Waals surface area contributed by atoms with Gasteiger partial charge in [-0.1, -0.05) is 41.9 Å². The predicted octanol–water partition coefficient (Wildman–Crippen LogP) is 4.16. The van der Waals surface area contributed by atoms with Crippen molar-refractivity contribution in [1.29, 1.82) is 0 Å². The lowest BCUT2D eigenvalue weighted by Gasteiger charge is -2.02. The maximum absolute atomic E-state index is 11.4. The average Bonchev–Trinajstić information content (AvgIpc) is 3.07. The Morgan fingerprint density at radius 1 is 1.24 bits per heavy atom. The highest BCUT2D eigenvalue weighted by molar-refractivity contribution is 6.32. The molecule has 0 radical (unpaired) electrons. The second-order valence-electron chi connectivity index (χ2n) is 5.54. The predicted molar refractivity (Wildman–Crippen MR) is 99.4 cm³/mol. The first-order valence-electron chi connectivity index (χ1n) is 7.58. The smallest absolute Gasteiger partial charge is 0.285 e. The first kappa shape index (κ1) is 15.4. The largest absolute Gasteiger partial charge is 0.455 e. The Hall–Kier alpha value is -3.12. The van der Waals surface area contributed by atoms with Gasteiger partial charge in [0.2, 0.25) is 0 Å². The third-order valence-electron chi connectivity index (χ3n) is 3.92. The number of aromatic nitrogens is 2. The van der Waals surface area contributed by atoms with Crippen LogP contribution in [0.4, 0.5) is 5.69 Å². The monoisotopic (exact) mass is 352 g/mol. The van der Waals surface area contributed by atoms with Gasteiger partial charge in [0.25, 0.3) is 5.56 Å². The van der Waals surface area contributed by atoms with Crippen LogP contribution in [0.2, 0.25) is 5.02 Å². The molecule has 0 saturated heterocycles. The van der Waals surface area contributed by atoms with E-state index in [1.807, 2.05) is 30.3 Å². The summed E-state index contributed by atoms with van der Waals surface area (Å²) in [5.74, 6) is 0.632. The number of fused-ring (bicyclic) bond motifs is 3. The standard InChI is InChI=1S/C18H13ClN4O2/c1-10(21-22-14-9-20-23-18(24)17(14)19)16-8-13-12-5-3-2-4-11(12)6-7-15(13)25-16/h2-9H,1H3,(H2,22,23,24)/b21-10-. The highest BCUT2D eigenvalue weighted by Crippen LogP contribution is 2.28. The molecule has 2 N–H and O–H groups in total. The zero-order chi connectivity index (χ0) is 17.4. The number of rotatable bonds is 3. The number of nitrogens with one attached hydrogen (secondary N) is 2. The Morgan fingerprint density at radius 2 is 2.08 bits per heavy atom. The van der Waals surface area contributed by atoms with Crippen LogP contribution < -0.4 is 11.0 Å². The van der Waals surface area contributed by atoms with Gasteiger partial charge in [0.1, 0.15) is 22.0 Å². The molecule has 0 spiro atoms. The van der Waals surface area contributed by atoms with Crippen molar-refractivity contribution in [3.63, 3.8) is 0 Å². The molecule has 7 heteroatoms. The summed E-state index contributed by atoms with van der Waals surface area (Å²) in [5.41, 5.74) is 4.01. The maximum Gasteiger partial charge on any atom is 0.285 e. The summed E-state index contributed by atoms with van der Waals surface area (Å²) in [6, 6.07) is 14.0. The number of nitrogens with zero attached hydrogens (tertiary/aromatic N) is 2. The number of aromatic amines is 1. The fraction of sp³-hybridized carbons (Fsp3) is 0.0556. The van der Waals surface area contributed by atoms with E-state index in [4.69, 9.17) is 16.0 Å². The van der Waals surface area contributed by atoms with Crippen LogP contribution in [0, 0.1) is 0 Å². The number of hydrogen-bond donors (Lipinski definition) is 2. The van der Waals surface area contributed by atoms with Gasteiger partial charge in [0.15, 0.2) is 5.76 Å². The number of halogens is 1. The second-order valence-corrected chi connectivity index (χ2v) is 5.92. The molecule has 0 aliphatic carbocycles. The molecule has 0 saturated carbocycles. The summed E-state index contributed by atoms with van der Waals surface area (Å²) < 4.78 is 5.89. The van der Waals surface area contributed by atoms with Gasteiger partial charge in [0, 0.05) is 5.39 Å². The number of hydrazone groups is 1. The average molecular weight is 353 g/mol. The molecule has 6 nitrogen and oxygen atoms in total. The van der Waals surface area contributed by atoms with Crippen molar-refractivity contribution >= 4 is 44.7 Å². The lowest BCUT2D eigenvalue weighted by molar-refractivity contribution is 0.604. The van der Waals surface area contributed by atoms with Gasteiger partial charge < -0.3 is 4.42 Å². The van der Waals surface area contributed by atoms with Crippen molar-refractivity contribution in [1.82, 2.24) is 10.2 Å². The third kappa shape index (κ3) is 2.77. The second kappa shape index (κ2) is 6.07. The van der Waals surface area contributed by atoms with E-state index in [0.717, 1.165) is 21.7 Å². The van der Waals surface area contributed by atoms with E-state index < -0.39 is 5.56 Å². The highest BCUT2D eigenvalue weighted by atomic mass is 35.5. The number of furan rings is 1. The van der Waals surface area contributed by atoms with Gasteiger partial charge in [-0.05, 0) is 29.8 Å². The number of anilines is 1. The van der Waals surface area contributed by atoms with E-state index in [-0.39, 0.29) is 5.02 Å². The van der Waals surface area contributed by atoms with Gasteiger partial charge >= 0.3 is 0 Å². The molecule has 0 fully saturated rings. The Labute approximate surface area is 147 Å². The Bertz CT molecular complexity index is 1180. The molecule has 0 unspecified atom stereocenters. The summed E-state index contributed by atoms with van der Waals surface area (Å²) in [6.07, 6.45) is 1.40. The van der Waals surface area contributed by atoms with E-state index in [1.165, 1.54) is 6.20 Å². The molecule has 4 aromatic rings. The van der Waals surface area contributed by atoms with Crippen LogP contribution in [0.5, 0.6) is 0 Å². The third-order valence-corrected chi connectivity index (χ3v) is 4.30. The molecule has 2 aromatic carbocycles. The molecule has 0 amide bonds. The zero-order valence-corrected chi connectivity index (χ0v) is 14.0. The molecule has 2 aromatic heterocycles. The minimum atomic E-state index is -0.477. The molecule has 0 bridgehead atoms. The summed E-state index contributed by atoms with van der Waals surface area (Å²) in [4.78, 5) is 11.4. The Morgan fingerprint density at radius 3 is 2.96 bits per heavy atom. The van der Waals surface area contributed by atoms with Crippen LogP contribution in [-0.2, 0) is 0 Å². The molecule has 0 aliphatic rings. The molecule has 0 aliphatic heterocycles. The minimum absolute atomic E-state index is 0.00199. The van der Waals surface area contributed by atoms with Gasteiger partial charge in [-0.2, -0.15) is 10.2 Å². The van der Waals surface area contributed by atoms with Crippen molar-refractivity contribution in [3.05, 3.63) is 69.8 Å². The SMILES string of the molecule is C/C(=N/Nc1cn[nH]c(=O)c1Cl)c1cc2c(ccc3ccccc32)o1. The number of benzene rings is 2. The van der Waals surface area contributed by atoms with Crippen molar-refractivity contribution < 1.29 is 4.42 Å². The summed E-state index contributed by atoms with van der Waals surface area (Å²) in [6.45, 7) is 1.81. The minimum Gasteiger partial charge on any atom is -0.455 e. The maximum atomic E-state index is 11.4. The van der Waals surface area contributed by atoms with E-state index >= 15 is 0 Å². The molecular formula is C18H13ClN4O2. The highest BCUT2D eigenvalue weighted by Gasteiger charge is 2.10. The Balaban J connectivity index is 1.72. The molecule has 25 heavy (non-hydrogen) atoms. The normalized spacial score (nSPS) is 12.0. The van der Waals surface area contributed by atoms with Crippen LogP contribution in [0.3, 0.4) is 0 Å². The van der Waals surface area contributed by atoms with Gasteiger partial charge in [0.05, 0.1) is 6.20 Å². The van der Waals surface area contributed by atoms with E-state index in [2.05, 4.69) is 32.9 Å². The van der Waals surface area contributed by atoms with E-state index in [1.54, 1.807) is 6.92 Å². The topological polar surface area (TPSA) is 83.3 Å². The lowest BCUT2D eigenvalue weighted by atomic mass is 10.1. The Kier molecular flexibility index (Phi) is 3.74. The fourth-order valence-electron chi connectivity index (χ4n) is 2.63. The summed E-state index contributed by atoms with van der Waals surface area (Å²) in [5, 5.41) is 13.5. The van der Waals surface area contributed by atoms with Crippen molar-refractivity contribution in [2.75, 3.05) is 5.43 Å². The first-order chi connectivity index (χ1) is 12.1. The van der Waals surface area contributed by atoms with E-state index in [9.17, 15) is 4.79 Å². The zero-order valence-electron chi connectivity index (χ0n) is 13.2. The van der Waals surface area contributed by atoms with Crippen molar-refractivity contribution in [2.24, 2.45) is 5.10 Å². The summed E-state index contributed by atoms with van der Waals surface area (Å²) >= 11 is 5.91. The number of H-pyrrole nitrogens is 1. The summed E-state index contributed by atoms with van der Waals surface area (Å²) in [7, 11) is 0. The van der Waals surface area contributed by atoms with Gasteiger partial charge in [-0.3, -0.25) is 10.2 Å². The molecular weight excluding hydrogens is 340 g/mol. The van der Waals surface area contributed by atoms with Crippen molar-refractivity contribution in [2.45, 2.75) is 6.92 Å². The fourth-order valence-corrected chi connectivity index (χ4v) is 2.76. The van der Waals surface area contributed by atoms with Crippen LogP contribution in [0.25, 0.3) is 21.7 Å². The van der Waals surface area contributed by atoms with E-state index in [0.29, 0.717) is 17.2 Å². The van der Waals surface area contributed by atoms with Gasteiger partial charge in [-0.25, -0.2) is 5.10 Å². The van der Waals surface area contributed by atoms with Crippen LogP contribution in [-0.4, -0.2) is 15.9 Å². The molecule has 4 rings (SSSR count). The van der Waals surface area contributed by atoms with Crippen LogP contribution >= 0.6 is 11.6 Å². The van der Waals surface area contributed by atoms with Crippen molar-refractivity contribution in [3.8, 4) is 0 Å². The molecule has 124 valence electrons.